The average molecular weight is 386 g/mol. The van der Waals surface area contributed by atoms with Gasteiger partial charge >= 0.3 is 0 Å². The summed E-state index contributed by atoms with van der Waals surface area (Å²) < 4.78 is 0. The molecule has 3 aromatic rings. The monoisotopic (exact) mass is 386 g/mol. The van der Waals surface area contributed by atoms with Crippen LogP contribution >= 0.6 is 0 Å². The van der Waals surface area contributed by atoms with E-state index in [0.717, 1.165) is 30.3 Å². The zero-order valence-corrected chi connectivity index (χ0v) is 16.7. The first kappa shape index (κ1) is 19.0. The Labute approximate surface area is 172 Å². The van der Waals surface area contributed by atoms with Gasteiger partial charge in [-0.3, -0.25) is 4.79 Å². The van der Waals surface area contributed by atoms with Crippen LogP contribution in [-0.2, 0) is 0 Å². The van der Waals surface area contributed by atoms with Gasteiger partial charge in [-0.15, -0.1) is 0 Å². The van der Waals surface area contributed by atoms with Crippen LogP contribution in [0.25, 0.3) is 0 Å². The van der Waals surface area contributed by atoms with Gasteiger partial charge in [0.05, 0.1) is 0 Å². The van der Waals surface area contributed by atoms with Crippen LogP contribution in [0.5, 0.6) is 0 Å². The number of pyridine rings is 1. The van der Waals surface area contributed by atoms with Gasteiger partial charge in [0, 0.05) is 49.0 Å². The van der Waals surface area contributed by atoms with E-state index in [-0.39, 0.29) is 5.91 Å². The van der Waals surface area contributed by atoms with Crippen molar-refractivity contribution in [2.24, 2.45) is 0 Å². The summed E-state index contributed by atoms with van der Waals surface area (Å²) in [6.45, 7) is 2.22. The third-order valence-electron chi connectivity index (χ3n) is 5.34. The molecule has 1 fully saturated rings. The smallest absolute Gasteiger partial charge is 0.255 e. The van der Waals surface area contributed by atoms with Crippen LogP contribution in [0.1, 0.15) is 29.6 Å². The van der Waals surface area contributed by atoms with Gasteiger partial charge in [0.15, 0.2) is 0 Å². The van der Waals surface area contributed by atoms with Crippen LogP contribution < -0.4 is 15.1 Å². The molecule has 1 saturated heterocycles. The molecule has 1 N–H and O–H groups in total. The van der Waals surface area contributed by atoms with Gasteiger partial charge in [0.2, 0.25) is 0 Å². The number of nitrogens with one attached hydrogen (secondary N) is 1. The molecule has 0 spiro atoms. The molecule has 1 aliphatic rings. The predicted molar refractivity (Wildman–Crippen MR) is 119 cm³/mol. The van der Waals surface area contributed by atoms with Crippen molar-refractivity contribution in [2.45, 2.75) is 19.3 Å². The summed E-state index contributed by atoms with van der Waals surface area (Å²) in [5.74, 6) is 0.588. The lowest BCUT2D eigenvalue weighted by molar-refractivity contribution is 0.102. The number of aromatic nitrogens is 1. The van der Waals surface area contributed by atoms with E-state index in [1.54, 1.807) is 12.3 Å². The molecule has 0 atom stereocenters. The number of carbonyl (C=O) groups excluding carboxylic acids is 1. The molecule has 0 bridgehead atoms. The number of anilines is 4. The van der Waals surface area contributed by atoms with Crippen molar-refractivity contribution < 1.29 is 4.79 Å². The number of carbonyl (C=O) groups is 1. The van der Waals surface area contributed by atoms with Crippen LogP contribution in [0, 0.1) is 0 Å². The molecule has 5 heteroatoms. The number of piperidine rings is 1. The molecule has 0 saturated carbocycles. The lowest BCUT2D eigenvalue weighted by Crippen LogP contribution is -2.29. The highest BCUT2D eigenvalue weighted by Gasteiger charge is 2.13. The third kappa shape index (κ3) is 4.57. The fourth-order valence-corrected chi connectivity index (χ4v) is 3.64. The topological polar surface area (TPSA) is 48.5 Å². The van der Waals surface area contributed by atoms with Crippen molar-refractivity contribution >= 4 is 28.8 Å². The van der Waals surface area contributed by atoms with E-state index in [9.17, 15) is 4.79 Å². The Bertz CT molecular complexity index is 950. The van der Waals surface area contributed by atoms with Crippen molar-refractivity contribution in [1.29, 1.82) is 0 Å². The highest BCUT2D eigenvalue weighted by molar-refractivity contribution is 6.04. The van der Waals surface area contributed by atoms with Crippen molar-refractivity contribution in [3.05, 3.63) is 78.5 Å². The van der Waals surface area contributed by atoms with Crippen molar-refractivity contribution in [2.75, 3.05) is 35.3 Å². The van der Waals surface area contributed by atoms with Gasteiger partial charge in [-0.05, 0) is 67.8 Å². The van der Waals surface area contributed by atoms with E-state index in [1.807, 2.05) is 60.5 Å². The molecule has 2 aromatic carbocycles. The summed E-state index contributed by atoms with van der Waals surface area (Å²) in [5.41, 5.74) is 3.62. The van der Waals surface area contributed by atoms with Crippen molar-refractivity contribution in [1.82, 2.24) is 4.98 Å². The summed E-state index contributed by atoms with van der Waals surface area (Å²) in [6.07, 6.45) is 5.49. The summed E-state index contributed by atoms with van der Waals surface area (Å²) in [5, 5.41) is 2.99. The number of benzene rings is 2. The Balaban J connectivity index is 1.44. The summed E-state index contributed by atoms with van der Waals surface area (Å²) in [4.78, 5) is 21.5. The maximum absolute atomic E-state index is 12.7. The normalized spacial score (nSPS) is 13.8. The van der Waals surface area contributed by atoms with E-state index in [0.29, 0.717) is 5.56 Å². The number of rotatable bonds is 5. The molecule has 148 valence electrons. The lowest BCUT2D eigenvalue weighted by atomic mass is 10.1. The molecular weight excluding hydrogens is 360 g/mol. The van der Waals surface area contributed by atoms with Crippen molar-refractivity contribution in [3.8, 4) is 0 Å². The standard InChI is InChI=1S/C24H26N4O/c1-27(21-8-4-2-5-9-21)23-18-19(14-15-25-23)24(29)26-20-10-12-22(13-11-20)28-16-6-3-7-17-28/h2,4-5,8-15,18H,3,6-7,16-17H2,1H3,(H,26,29). The quantitative estimate of drug-likeness (QED) is 0.663. The summed E-state index contributed by atoms with van der Waals surface area (Å²) in [6, 6.07) is 21.6. The highest BCUT2D eigenvalue weighted by atomic mass is 16.1. The molecule has 1 aromatic heterocycles. The van der Waals surface area contributed by atoms with Crippen LogP contribution in [0.15, 0.2) is 72.9 Å². The van der Waals surface area contributed by atoms with Gasteiger partial charge in [-0.2, -0.15) is 0 Å². The van der Waals surface area contributed by atoms with E-state index >= 15 is 0 Å². The molecule has 2 heterocycles. The molecule has 1 aliphatic heterocycles. The molecule has 0 radical (unpaired) electrons. The molecule has 0 unspecified atom stereocenters. The highest BCUT2D eigenvalue weighted by Crippen LogP contribution is 2.24. The van der Waals surface area contributed by atoms with Gasteiger partial charge in [0.25, 0.3) is 5.91 Å². The number of hydrogen-bond acceptors (Lipinski definition) is 4. The Morgan fingerprint density at radius 1 is 0.966 bits per heavy atom. The fourth-order valence-electron chi connectivity index (χ4n) is 3.64. The molecule has 4 rings (SSSR count). The molecule has 5 nitrogen and oxygen atoms in total. The largest absolute Gasteiger partial charge is 0.372 e. The first-order chi connectivity index (χ1) is 14.2. The zero-order valence-electron chi connectivity index (χ0n) is 16.7. The van der Waals surface area contributed by atoms with Crippen molar-refractivity contribution in [3.63, 3.8) is 0 Å². The fraction of sp³-hybridized carbons (Fsp3) is 0.250. The molecule has 1 amide bonds. The lowest BCUT2D eigenvalue weighted by Gasteiger charge is -2.28. The predicted octanol–water partition coefficient (Wildman–Crippen LogP) is 5.09. The number of amides is 1. The van der Waals surface area contributed by atoms with E-state index < -0.39 is 0 Å². The Hall–Kier alpha value is -3.34. The third-order valence-corrected chi connectivity index (χ3v) is 5.34. The average Bonchev–Trinajstić information content (AvgIpc) is 2.80. The second-order valence-corrected chi connectivity index (χ2v) is 7.35. The second-order valence-electron chi connectivity index (χ2n) is 7.35. The van der Waals surface area contributed by atoms with Gasteiger partial charge in [-0.25, -0.2) is 4.98 Å². The van der Waals surface area contributed by atoms with Gasteiger partial charge in [-0.1, -0.05) is 18.2 Å². The second kappa shape index (κ2) is 8.78. The van der Waals surface area contributed by atoms with E-state index in [2.05, 4.69) is 27.3 Å². The molecule has 0 aliphatic carbocycles. The van der Waals surface area contributed by atoms with Gasteiger partial charge < -0.3 is 15.1 Å². The van der Waals surface area contributed by atoms with Crippen LogP contribution in [-0.4, -0.2) is 31.0 Å². The number of para-hydroxylation sites is 1. The SMILES string of the molecule is CN(c1ccccc1)c1cc(C(=O)Nc2ccc(N3CCCCC3)cc2)ccn1. The van der Waals surface area contributed by atoms with E-state index in [4.69, 9.17) is 0 Å². The maximum Gasteiger partial charge on any atom is 0.255 e. The molecular formula is C24H26N4O. The Kier molecular flexibility index (Phi) is 5.75. The number of nitrogens with zero attached hydrogens (tertiary/aromatic N) is 3. The number of hydrogen-bond donors (Lipinski definition) is 1. The van der Waals surface area contributed by atoms with Crippen LogP contribution in [0.2, 0.25) is 0 Å². The van der Waals surface area contributed by atoms with Gasteiger partial charge in [0.1, 0.15) is 5.82 Å². The minimum Gasteiger partial charge on any atom is -0.372 e. The summed E-state index contributed by atoms with van der Waals surface area (Å²) >= 11 is 0. The Morgan fingerprint density at radius 3 is 2.41 bits per heavy atom. The first-order valence-corrected chi connectivity index (χ1v) is 10.1. The van der Waals surface area contributed by atoms with Crippen LogP contribution in [0.3, 0.4) is 0 Å². The van der Waals surface area contributed by atoms with Crippen LogP contribution in [0.4, 0.5) is 22.9 Å². The minimum atomic E-state index is -0.138. The van der Waals surface area contributed by atoms with E-state index in [1.165, 1.54) is 24.9 Å². The minimum absolute atomic E-state index is 0.138. The Morgan fingerprint density at radius 2 is 1.69 bits per heavy atom. The maximum atomic E-state index is 12.7. The summed E-state index contributed by atoms with van der Waals surface area (Å²) in [7, 11) is 1.94. The zero-order chi connectivity index (χ0) is 20.1. The molecule has 29 heavy (non-hydrogen) atoms. The first-order valence-electron chi connectivity index (χ1n) is 10.1.